The molecule has 0 radical (unpaired) electrons. The Kier molecular flexibility index (Phi) is 4.67. The smallest absolute Gasteiger partial charge is 0.150 e. The average Bonchev–Trinajstić information content (AvgIpc) is 2.53. The highest BCUT2D eigenvalue weighted by molar-refractivity contribution is 5.87. The number of carboxylic acid groups (broad SMARTS) is 1. The maximum Gasteiger partial charge on any atom is 0.150 e. The highest BCUT2D eigenvalue weighted by Gasteiger charge is 2.34. The third kappa shape index (κ3) is 2.92. The largest absolute Gasteiger partial charge is 0.547 e. The minimum Gasteiger partial charge on any atom is -0.547 e. The van der Waals surface area contributed by atoms with Crippen LogP contribution in [0.3, 0.4) is 0 Å². The molecule has 0 unspecified atom stereocenters. The number of benzene rings is 2. The van der Waals surface area contributed by atoms with Crippen molar-refractivity contribution in [2.24, 2.45) is 4.99 Å². The summed E-state index contributed by atoms with van der Waals surface area (Å²) in [5.41, 5.74) is -0.406. The molecule has 0 saturated heterocycles. The van der Waals surface area contributed by atoms with Crippen LogP contribution in [0.1, 0.15) is 18.1 Å². The standard InChI is InChI=1S/C18H17NO2/c1-2-3-14-19-18(17(20)21,15-10-6-4-7-11-15)16-12-8-5-9-13-16/h2-14H,1H3,(H,20,21)/p-1/b3-2+,19-14?. The van der Waals surface area contributed by atoms with Crippen molar-refractivity contribution >= 4 is 12.2 Å². The van der Waals surface area contributed by atoms with Gasteiger partial charge in [-0.05, 0) is 24.1 Å². The molecule has 2 rings (SSSR count). The van der Waals surface area contributed by atoms with E-state index in [9.17, 15) is 9.90 Å². The number of carbonyl (C=O) groups is 1. The molecule has 0 spiro atoms. The molecule has 0 fully saturated rings. The molecule has 106 valence electrons. The zero-order valence-electron chi connectivity index (χ0n) is 11.8. The minimum absolute atomic E-state index is 0.567. The van der Waals surface area contributed by atoms with Gasteiger partial charge in [0, 0.05) is 6.21 Å². The topological polar surface area (TPSA) is 52.5 Å². The lowest BCUT2D eigenvalue weighted by Gasteiger charge is -2.32. The van der Waals surface area contributed by atoms with E-state index in [0.717, 1.165) is 0 Å². The Balaban J connectivity index is 2.69. The lowest BCUT2D eigenvalue weighted by atomic mass is 9.83. The molecule has 0 bridgehead atoms. The van der Waals surface area contributed by atoms with E-state index in [2.05, 4.69) is 4.99 Å². The first-order chi connectivity index (χ1) is 10.2. The summed E-state index contributed by atoms with van der Waals surface area (Å²) in [5, 5.41) is 12.0. The Bertz CT molecular complexity index is 606. The van der Waals surface area contributed by atoms with Crippen LogP contribution in [0.25, 0.3) is 0 Å². The summed E-state index contributed by atoms with van der Waals surface area (Å²) in [4.78, 5) is 16.3. The van der Waals surface area contributed by atoms with E-state index in [-0.39, 0.29) is 0 Å². The predicted molar refractivity (Wildman–Crippen MR) is 82.0 cm³/mol. The summed E-state index contributed by atoms with van der Waals surface area (Å²) in [6, 6.07) is 17.8. The van der Waals surface area contributed by atoms with Crippen LogP contribution in [-0.4, -0.2) is 12.2 Å². The summed E-state index contributed by atoms with van der Waals surface area (Å²) in [5.74, 6) is -1.25. The Hall–Kier alpha value is -2.68. The first-order valence-electron chi connectivity index (χ1n) is 6.71. The van der Waals surface area contributed by atoms with Crippen LogP contribution in [0, 0.1) is 0 Å². The third-order valence-electron chi connectivity index (χ3n) is 3.23. The molecule has 2 aromatic rings. The van der Waals surface area contributed by atoms with Crippen molar-refractivity contribution in [3.05, 3.63) is 83.9 Å². The van der Waals surface area contributed by atoms with Gasteiger partial charge in [-0.2, -0.15) is 0 Å². The maximum absolute atomic E-state index is 12.0. The van der Waals surface area contributed by atoms with E-state index < -0.39 is 11.5 Å². The number of carboxylic acids is 1. The number of aliphatic imine (C=N–C) groups is 1. The van der Waals surface area contributed by atoms with Crippen LogP contribution in [0.2, 0.25) is 0 Å². The van der Waals surface area contributed by atoms with Gasteiger partial charge in [0.15, 0.2) is 0 Å². The van der Waals surface area contributed by atoms with Gasteiger partial charge in [-0.3, -0.25) is 4.99 Å². The summed E-state index contributed by atoms with van der Waals surface area (Å²) in [6.07, 6.45) is 4.99. The van der Waals surface area contributed by atoms with Crippen molar-refractivity contribution in [3.8, 4) is 0 Å². The second-order valence-corrected chi connectivity index (χ2v) is 4.53. The monoisotopic (exact) mass is 278 g/mol. The van der Waals surface area contributed by atoms with Crippen LogP contribution in [-0.2, 0) is 10.3 Å². The SMILES string of the molecule is C/C=C/C=NC(C(=O)[O-])(c1ccccc1)c1ccccc1. The Labute approximate surface area is 124 Å². The quantitative estimate of drug-likeness (QED) is 0.788. The Morgan fingerprint density at radius 2 is 1.48 bits per heavy atom. The highest BCUT2D eigenvalue weighted by atomic mass is 16.4. The maximum atomic E-state index is 12.0. The zero-order valence-corrected chi connectivity index (χ0v) is 11.8. The first-order valence-corrected chi connectivity index (χ1v) is 6.71. The van der Waals surface area contributed by atoms with Gasteiger partial charge in [0.05, 0.1) is 5.97 Å². The molecular weight excluding hydrogens is 262 g/mol. The number of hydrogen-bond acceptors (Lipinski definition) is 3. The molecule has 0 saturated carbocycles. The van der Waals surface area contributed by atoms with Crippen LogP contribution in [0.15, 0.2) is 77.8 Å². The zero-order chi connectivity index (χ0) is 15.1. The molecule has 0 heterocycles. The van der Waals surface area contributed by atoms with E-state index in [1.807, 2.05) is 19.1 Å². The lowest BCUT2D eigenvalue weighted by molar-refractivity contribution is -0.311. The summed E-state index contributed by atoms with van der Waals surface area (Å²) < 4.78 is 0. The van der Waals surface area contributed by atoms with Gasteiger partial charge in [0.25, 0.3) is 0 Å². The summed E-state index contributed by atoms with van der Waals surface area (Å²) >= 11 is 0. The van der Waals surface area contributed by atoms with Crippen LogP contribution in [0.4, 0.5) is 0 Å². The fourth-order valence-corrected chi connectivity index (χ4v) is 2.20. The highest BCUT2D eigenvalue weighted by Crippen LogP contribution is 2.33. The number of hydrogen-bond donors (Lipinski definition) is 0. The van der Waals surface area contributed by atoms with Crippen LogP contribution in [0.5, 0.6) is 0 Å². The Morgan fingerprint density at radius 1 is 1.00 bits per heavy atom. The van der Waals surface area contributed by atoms with Gasteiger partial charge in [0.2, 0.25) is 0 Å². The van der Waals surface area contributed by atoms with Crippen molar-refractivity contribution < 1.29 is 9.90 Å². The summed E-state index contributed by atoms with van der Waals surface area (Å²) in [7, 11) is 0. The molecule has 21 heavy (non-hydrogen) atoms. The lowest BCUT2D eigenvalue weighted by Crippen LogP contribution is -2.45. The molecule has 0 amide bonds. The second kappa shape index (κ2) is 6.66. The minimum atomic E-state index is -1.54. The molecule has 0 aromatic heterocycles. The molecule has 0 aliphatic heterocycles. The fourth-order valence-electron chi connectivity index (χ4n) is 2.20. The van der Waals surface area contributed by atoms with Crippen molar-refractivity contribution in [2.75, 3.05) is 0 Å². The van der Waals surface area contributed by atoms with Gasteiger partial charge in [-0.15, -0.1) is 0 Å². The van der Waals surface area contributed by atoms with Gasteiger partial charge < -0.3 is 9.90 Å². The van der Waals surface area contributed by atoms with E-state index in [1.54, 1.807) is 60.7 Å². The van der Waals surface area contributed by atoms with Crippen molar-refractivity contribution in [2.45, 2.75) is 12.5 Å². The third-order valence-corrected chi connectivity index (χ3v) is 3.23. The normalized spacial score (nSPS) is 12.0. The molecule has 0 aliphatic carbocycles. The molecule has 3 nitrogen and oxygen atoms in total. The molecule has 0 N–H and O–H groups in total. The molecule has 2 aromatic carbocycles. The second-order valence-electron chi connectivity index (χ2n) is 4.53. The van der Waals surface area contributed by atoms with E-state index in [4.69, 9.17) is 0 Å². The predicted octanol–water partition coefficient (Wildman–Crippen LogP) is 2.33. The van der Waals surface area contributed by atoms with Crippen molar-refractivity contribution in [1.29, 1.82) is 0 Å². The van der Waals surface area contributed by atoms with Crippen molar-refractivity contribution in [3.63, 3.8) is 0 Å². The fraction of sp³-hybridized carbons (Fsp3) is 0.111. The van der Waals surface area contributed by atoms with Gasteiger partial charge in [-0.25, -0.2) is 0 Å². The number of aliphatic carboxylic acids is 1. The number of carbonyl (C=O) groups excluding carboxylic acids is 1. The van der Waals surface area contributed by atoms with Crippen molar-refractivity contribution in [1.82, 2.24) is 0 Å². The van der Waals surface area contributed by atoms with Gasteiger partial charge in [0.1, 0.15) is 5.54 Å². The first kappa shape index (κ1) is 14.7. The Morgan fingerprint density at radius 3 is 1.86 bits per heavy atom. The summed E-state index contributed by atoms with van der Waals surface area (Å²) in [6.45, 7) is 1.84. The number of nitrogens with zero attached hydrogens (tertiary/aromatic N) is 1. The average molecular weight is 278 g/mol. The number of allylic oxidation sites excluding steroid dienone is 2. The molecule has 3 heteroatoms. The molecule has 0 aliphatic rings. The van der Waals surface area contributed by atoms with E-state index in [0.29, 0.717) is 11.1 Å². The molecular formula is C18H16NO2-. The molecule has 0 atom stereocenters. The van der Waals surface area contributed by atoms with Crippen LogP contribution >= 0.6 is 0 Å². The number of rotatable bonds is 5. The van der Waals surface area contributed by atoms with E-state index in [1.165, 1.54) is 6.21 Å². The van der Waals surface area contributed by atoms with Crippen LogP contribution < -0.4 is 5.11 Å². The van der Waals surface area contributed by atoms with Gasteiger partial charge in [-0.1, -0.05) is 66.7 Å². The van der Waals surface area contributed by atoms with Gasteiger partial charge >= 0.3 is 0 Å². The van der Waals surface area contributed by atoms with E-state index >= 15 is 0 Å².